The van der Waals surface area contributed by atoms with Crippen molar-refractivity contribution in [2.45, 2.75) is 77.0 Å². The molecule has 2 spiro atoms. The number of hydrogen-bond donors (Lipinski definition) is 0. The van der Waals surface area contributed by atoms with E-state index in [0.717, 1.165) is 69.7 Å². The topological polar surface area (TPSA) is 13.0 Å². The van der Waals surface area contributed by atoms with Crippen LogP contribution < -0.4 is 19.6 Å². The van der Waals surface area contributed by atoms with Crippen molar-refractivity contribution in [2.24, 2.45) is 0 Å². The normalized spacial score (nSPS) is 12.9. The van der Waals surface area contributed by atoms with Crippen LogP contribution in [-0.2, 0) is 23.7 Å². The molecule has 4 aliphatic carbocycles. The molecule has 0 bridgehead atoms. The van der Waals surface area contributed by atoms with Crippen LogP contribution in [0.15, 0.2) is 437 Å². The number of para-hydroxylation sites is 4. The van der Waals surface area contributed by atoms with Gasteiger partial charge in [0, 0.05) is 67.6 Å². The first kappa shape index (κ1) is 77.4. The minimum Gasteiger partial charge on any atom is -0.310 e. The maximum Gasteiger partial charge on any atom is 0.0732 e. The van der Waals surface area contributed by atoms with Crippen molar-refractivity contribution in [3.8, 4) is 44.5 Å². The van der Waals surface area contributed by atoms with Crippen LogP contribution in [0.2, 0.25) is 0 Å². The minimum absolute atomic E-state index is 0.444. The zero-order chi connectivity index (χ0) is 85.9. The van der Waals surface area contributed by atoms with Crippen LogP contribution in [0.3, 0.4) is 0 Å². The molecule has 0 atom stereocenters. The lowest BCUT2D eigenvalue weighted by atomic mass is 9.69. The third-order valence-corrected chi connectivity index (χ3v) is 28.0. The quantitative estimate of drug-likeness (QED) is 0.0956. The SMILES string of the molecule is CC(C)c1ccc(N(c2ccccc2)c2ccc3c4c(ccc3c2)-c2c(cc(N(c3ccccc3)c3ccc(C(C)C)cc3)c3ccccc23)C42c3ccccc3-c3ccccc32)cc1.CCc1ccc(N(c2ccccc2)c2ccc3c4c(ccc3c2)-c2c(cc(N(c3ccccc3)c3ccc(CC)cc3)c3ccccc23)C42c3ccccc3-c3ccccc32)cc1. The van der Waals surface area contributed by atoms with Crippen LogP contribution in [0.5, 0.6) is 0 Å². The Hall–Kier alpha value is -15.4. The first-order valence-corrected chi connectivity index (χ1v) is 45.5. The first-order valence-electron chi connectivity index (χ1n) is 45.5. The molecule has 0 aliphatic heterocycles. The second-order valence-electron chi connectivity index (χ2n) is 35.4. The standard InChI is InChI=1S/C63H50N2.C61H46N2/c1-41(2)43-27-32-48(33-28-43)64(46-17-7-5-8-18-46)50-36-38-51-45(39-50)31-37-56-61-55-24-12-11-23-54(55)60(65(47-19-9-6-10-20-47)49-34-29-44(30-35-49)42(3)4)40-59(61)63(62(51)56)57-25-15-13-21-52(57)53-22-14-16-26-58(53)63;1-3-41-27-32-46(33-28-41)62(44-17-7-5-8-18-44)48-36-38-49-43(39-48)31-37-54-59-53-24-12-11-23-52(53)58(63(45-19-9-6-10-20-45)47-34-29-42(4-2)30-35-47)40-57(59)61(60(49)54)55-25-15-13-21-50(55)51-22-14-16-26-56(51)61/h5-42H,1-4H3;5-40H,3-4H2,1-2H3. The van der Waals surface area contributed by atoms with Crippen molar-refractivity contribution in [3.63, 3.8) is 0 Å². The summed E-state index contributed by atoms with van der Waals surface area (Å²) in [5.41, 5.74) is 39.1. The molecule has 4 heteroatoms. The van der Waals surface area contributed by atoms with Crippen LogP contribution in [0.4, 0.5) is 68.2 Å². The van der Waals surface area contributed by atoms with Gasteiger partial charge in [-0.25, -0.2) is 0 Å². The van der Waals surface area contributed by atoms with Crippen LogP contribution in [0.1, 0.15) is 120 Å². The Bertz CT molecular complexity index is 7600. The molecule has 0 amide bonds. The van der Waals surface area contributed by atoms with Gasteiger partial charge in [-0.1, -0.05) is 345 Å². The molecule has 4 aliphatic rings. The zero-order valence-electron chi connectivity index (χ0n) is 72.9. The Kier molecular flexibility index (Phi) is 19.0. The Morgan fingerprint density at radius 3 is 0.789 bits per heavy atom. The third kappa shape index (κ3) is 12.2. The number of anilines is 12. The van der Waals surface area contributed by atoms with Gasteiger partial charge in [-0.05, 0) is 302 Å². The molecule has 0 unspecified atom stereocenters. The van der Waals surface area contributed by atoms with Crippen molar-refractivity contribution >= 4 is 111 Å². The number of hydrogen-bond acceptors (Lipinski definition) is 4. The maximum atomic E-state index is 2.55. The van der Waals surface area contributed by atoms with E-state index in [1.165, 1.54) is 166 Å². The van der Waals surface area contributed by atoms with Gasteiger partial charge in [0.15, 0.2) is 0 Å². The van der Waals surface area contributed by atoms with Gasteiger partial charge in [-0.2, -0.15) is 0 Å². The van der Waals surface area contributed by atoms with E-state index in [-0.39, 0.29) is 0 Å². The third-order valence-electron chi connectivity index (χ3n) is 28.0. The highest BCUT2D eigenvalue weighted by Gasteiger charge is 2.55. The number of aryl methyl sites for hydroxylation is 2. The van der Waals surface area contributed by atoms with Gasteiger partial charge in [-0.15, -0.1) is 0 Å². The molecule has 0 N–H and O–H groups in total. The van der Waals surface area contributed by atoms with E-state index in [0.29, 0.717) is 11.8 Å². The fourth-order valence-corrected chi connectivity index (χ4v) is 22.1. The average molecular weight is 1640 g/mol. The van der Waals surface area contributed by atoms with E-state index in [1.807, 2.05) is 0 Å². The van der Waals surface area contributed by atoms with Crippen LogP contribution in [-0.4, -0.2) is 0 Å². The zero-order valence-corrected chi connectivity index (χ0v) is 72.9. The summed E-state index contributed by atoms with van der Waals surface area (Å²) in [6.07, 6.45) is 2.01. The van der Waals surface area contributed by atoms with Gasteiger partial charge in [0.2, 0.25) is 0 Å². The van der Waals surface area contributed by atoms with E-state index in [4.69, 9.17) is 0 Å². The molecule has 0 saturated carbocycles. The van der Waals surface area contributed by atoms with Crippen molar-refractivity contribution in [2.75, 3.05) is 19.6 Å². The summed E-state index contributed by atoms with van der Waals surface area (Å²) < 4.78 is 0. The molecule has 0 aromatic heterocycles. The average Bonchev–Trinajstić information content (AvgIpc) is 1.50. The van der Waals surface area contributed by atoms with Gasteiger partial charge in [-0.3, -0.25) is 0 Å². The molecule has 20 aromatic rings. The fraction of sp³-hybridized carbons (Fsp3) is 0.0968. The Labute approximate surface area is 750 Å². The summed E-state index contributed by atoms with van der Waals surface area (Å²) in [5, 5.41) is 9.96. The van der Waals surface area contributed by atoms with Gasteiger partial charge in [0.05, 0.1) is 22.2 Å². The van der Waals surface area contributed by atoms with Crippen LogP contribution in [0, 0.1) is 0 Å². The number of fused-ring (bicyclic) bond motifs is 28. The van der Waals surface area contributed by atoms with Crippen molar-refractivity contribution in [1.29, 1.82) is 0 Å². The lowest BCUT2D eigenvalue weighted by Crippen LogP contribution is -2.26. The van der Waals surface area contributed by atoms with Crippen molar-refractivity contribution < 1.29 is 0 Å². The monoisotopic (exact) mass is 1640 g/mol. The highest BCUT2D eigenvalue weighted by molar-refractivity contribution is 6.18. The van der Waals surface area contributed by atoms with E-state index in [9.17, 15) is 0 Å². The number of rotatable bonds is 16. The lowest BCUT2D eigenvalue weighted by molar-refractivity contribution is 0.802. The minimum atomic E-state index is -0.576. The fourth-order valence-electron chi connectivity index (χ4n) is 22.1. The van der Waals surface area contributed by atoms with Crippen LogP contribution in [0.25, 0.3) is 87.6 Å². The Balaban J connectivity index is 0.000000147. The van der Waals surface area contributed by atoms with E-state index in [2.05, 4.69) is 498 Å². The van der Waals surface area contributed by atoms with E-state index < -0.39 is 10.8 Å². The summed E-state index contributed by atoms with van der Waals surface area (Å²) in [6, 6.07) is 164. The first-order chi connectivity index (χ1) is 63.1. The lowest BCUT2D eigenvalue weighted by Gasteiger charge is -2.34. The molecule has 0 radical (unpaired) electrons. The van der Waals surface area contributed by atoms with Gasteiger partial charge in [0.1, 0.15) is 0 Å². The second kappa shape index (κ2) is 31.4. The Morgan fingerprint density at radius 2 is 0.469 bits per heavy atom. The summed E-state index contributed by atoms with van der Waals surface area (Å²) in [5.74, 6) is 0.907. The molecule has 4 nitrogen and oxygen atoms in total. The summed E-state index contributed by atoms with van der Waals surface area (Å²) in [7, 11) is 0. The molecule has 20 aromatic carbocycles. The summed E-state index contributed by atoms with van der Waals surface area (Å²) in [4.78, 5) is 9.74. The van der Waals surface area contributed by atoms with Crippen molar-refractivity contribution in [3.05, 3.63) is 504 Å². The molecule has 612 valence electrons. The summed E-state index contributed by atoms with van der Waals surface area (Å²) in [6.45, 7) is 13.5. The molecular formula is C124H96N4. The molecule has 24 rings (SSSR count). The van der Waals surface area contributed by atoms with Gasteiger partial charge < -0.3 is 19.6 Å². The highest BCUT2D eigenvalue weighted by atomic mass is 15.2. The van der Waals surface area contributed by atoms with Gasteiger partial charge in [0.25, 0.3) is 0 Å². The predicted octanol–water partition coefficient (Wildman–Crippen LogP) is 33.9. The molecule has 128 heavy (non-hydrogen) atoms. The smallest absolute Gasteiger partial charge is 0.0732 e. The number of benzene rings is 20. The highest BCUT2D eigenvalue weighted by Crippen LogP contribution is 2.69. The molecule has 0 heterocycles. The number of nitrogens with zero attached hydrogens (tertiary/aromatic N) is 4. The predicted molar refractivity (Wildman–Crippen MR) is 541 cm³/mol. The molecule has 0 saturated heterocycles. The van der Waals surface area contributed by atoms with Crippen molar-refractivity contribution in [1.82, 2.24) is 0 Å². The molecular weight excluding hydrogens is 1550 g/mol. The largest absolute Gasteiger partial charge is 0.310 e. The summed E-state index contributed by atoms with van der Waals surface area (Å²) >= 11 is 0. The van der Waals surface area contributed by atoms with E-state index >= 15 is 0 Å². The van der Waals surface area contributed by atoms with Gasteiger partial charge >= 0.3 is 0 Å². The van der Waals surface area contributed by atoms with Crippen LogP contribution >= 0.6 is 0 Å². The Morgan fingerprint density at radius 1 is 0.203 bits per heavy atom. The second-order valence-corrected chi connectivity index (χ2v) is 35.4. The molecule has 0 fully saturated rings. The maximum absolute atomic E-state index is 2.55. The van der Waals surface area contributed by atoms with E-state index in [1.54, 1.807) is 0 Å².